The molecule has 0 amide bonds. The third kappa shape index (κ3) is 4.16. The maximum atomic E-state index is 5.36. The first-order valence-corrected chi connectivity index (χ1v) is 17.2. The van der Waals surface area contributed by atoms with Crippen LogP contribution in [-0.4, -0.2) is 5.71 Å². The van der Waals surface area contributed by atoms with Gasteiger partial charge in [0.15, 0.2) is 0 Å². The van der Waals surface area contributed by atoms with E-state index in [9.17, 15) is 0 Å². The Hall–Kier alpha value is -5.97. The van der Waals surface area contributed by atoms with Crippen molar-refractivity contribution in [1.82, 2.24) is 5.32 Å². The second-order valence-corrected chi connectivity index (χ2v) is 13.4. The van der Waals surface area contributed by atoms with Gasteiger partial charge in [0.2, 0.25) is 0 Å². The van der Waals surface area contributed by atoms with Gasteiger partial charge in [-0.05, 0) is 58.5 Å². The minimum absolute atomic E-state index is 0.264. The van der Waals surface area contributed by atoms with Crippen molar-refractivity contribution in [2.75, 3.05) is 4.90 Å². The van der Waals surface area contributed by atoms with Gasteiger partial charge < -0.3 is 10.2 Å². The smallest absolute Gasteiger partial charge is 0.146 e. The topological polar surface area (TPSA) is 27.6 Å². The molecule has 0 spiro atoms. The van der Waals surface area contributed by atoms with Crippen molar-refractivity contribution in [1.29, 1.82) is 0 Å². The number of fused-ring (bicyclic) bond motifs is 6. The molecule has 2 aliphatic heterocycles. The highest BCUT2D eigenvalue weighted by molar-refractivity contribution is 7.26. The zero-order valence-electron chi connectivity index (χ0n) is 26.0. The highest BCUT2D eigenvalue weighted by atomic mass is 32.1. The zero-order chi connectivity index (χ0) is 31.6. The molecule has 0 saturated heterocycles. The van der Waals surface area contributed by atoms with E-state index >= 15 is 0 Å². The van der Waals surface area contributed by atoms with E-state index in [-0.39, 0.29) is 6.17 Å². The quantitative estimate of drug-likeness (QED) is 0.209. The Balaban J connectivity index is 1.23. The Morgan fingerprint density at radius 2 is 1.23 bits per heavy atom. The van der Waals surface area contributed by atoms with E-state index in [1.165, 1.54) is 53.4 Å². The van der Waals surface area contributed by atoms with Crippen molar-refractivity contribution < 1.29 is 0 Å². The fourth-order valence-electron chi connectivity index (χ4n) is 7.51. The summed E-state index contributed by atoms with van der Waals surface area (Å²) in [5.41, 5.74) is 11.5. The van der Waals surface area contributed by atoms with Crippen LogP contribution in [0.1, 0.15) is 22.9 Å². The van der Waals surface area contributed by atoms with Gasteiger partial charge in [-0.1, -0.05) is 127 Å². The molecule has 48 heavy (non-hydrogen) atoms. The minimum Gasteiger partial charge on any atom is -0.359 e. The molecule has 1 atom stereocenters. The van der Waals surface area contributed by atoms with Crippen LogP contribution in [-0.2, 0) is 0 Å². The first-order chi connectivity index (χ1) is 23.8. The highest BCUT2D eigenvalue weighted by Crippen LogP contribution is 2.56. The van der Waals surface area contributed by atoms with Gasteiger partial charge in [0, 0.05) is 48.1 Å². The molecule has 10 rings (SSSR count). The number of allylic oxidation sites excluding steroid dienone is 1. The number of nitrogens with one attached hydrogen (secondary N) is 1. The molecule has 0 aliphatic carbocycles. The molecule has 0 fully saturated rings. The average Bonchev–Trinajstić information content (AvgIpc) is 3.55. The van der Waals surface area contributed by atoms with Gasteiger partial charge in [-0.25, -0.2) is 0 Å². The molecule has 3 heterocycles. The predicted molar refractivity (Wildman–Crippen MR) is 204 cm³/mol. The predicted octanol–water partition coefficient (Wildman–Crippen LogP) is 11.8. The standard InChI is InChI=1S/C44H29N3S/c1-4-13-28(14-5-1)36-27-37(29-15-6-2-7-16-29)46-44(45-36)34-24-23-32-33-25-26-40-42(35-19-10-11-22-39(35)48-40)43(33)47(30-17-8-3-9-18-30)38-21-12-20-31(34)41(32)38/h1-27,44-45H. The van der Waals surface area contributed by atoms with Crippen molar-refractivity contribution >= 4 is 70.8 Å². The first kappa shape index (κ1) is 27.2. The number of nitrogens with zero attached hydrogens (tertiary/aromatic N) is 2. The number of hydrogen-bond donors (Lipinski definition) is 1. The Labute approximate surface area is 282 Å². The van der Waals surface area contributed by atoms with Gasteiger partial charge >= 0.3 is 0 Å². The number of aliphatic imine (C=N–C) groups is 1. The molecule has 0 saturated carbocycles. The van der Waals surface area contributed by atoms with E-state index in [2.05, 4.69) is 174 Å². The Bertz CT molecular complexity index is 2580. The zero-order valence-corrected chi connectivity index (χ0v) is 26.8. The van der Waals surface area contributed by atoms with Crippen LogP contribution in [0.25, 0.3) is 47.8 Å². The molecule has 2 aliphatic rings. The number of thiophene rings is 1. The van der Waals surface area contributed by atoms with Crippen LogP contribution in [0.4, 0.5) is 17.1 Å². The number of rotatable bonds is 4. The molecule has 4 heteroatoms. The maximum absolute atomic E-state index is 5.36. The Morgan fingerprint density at radius 3 is 2.04 bits per heavy atom. The number of hydrogen-bond acceptors (Lipinski definition) is 4. The fraction of sp³-hybridized carbons (Fsp3) is 0.0227. The number of anilines is 3. The van der Waals surface area contributed by atoms with Gasteiger partial charge in [0.1, 0.15) is 6.17 Å². The summed E-state index contributed by atoms with van der Waals surface area (Å²) in [6.07, 6.45) is 1.91. The summed E-state index contributed by atoms with van der Waals surface area (Å²) < 4.78 is 2.61. The van der Waals surface area contributed by atoms with E-state index in [0.717, 1.165) is 33.8 Å². The molecule has 0 bridgehead atoms. The van der Waals surface area contributed by atoms with Crippen molar-refractivity contribution in [2.45, 2.75) is 6.17 Å². The molecule has 226 valence electrons. The second kappa shape index (κ2) is 10.8. The molecule has 0 radical (unpaired) electrons. The van der Waals surface area contributed by atoms with Crippen LogP contribution in [0, 0.1) is 0 Å². The summed E-state index contributed by atoms with van der Waals surface area (Å²) in [5, 5.41) is 8.89. The monoisotopic (exact) mass is 631 g/mol. The molecular formula is C44H29N3S. The Morgan fingerprint density at radius 1 is 0.542 bits per heavy atom. The minimum atomic E-state index is -0.264. The van der Waals surface area contributed by atoms with Gasteiger partial charge in [0.25, 0.3) is 0 Å². The van der Waals surface area contributed by atoms with E-state index in [1.54, 1.807) is 0 Å². The molecule has 3 nitrogen and oxygen atoms in total. The van der Waals surface area contributed by atoms with Gasteiger partial charge in [0.05, 0.1) is 17.1 Å². The molecule has 7 aromatic carbocycles. The summed E-state index contributed by atoms with van der Waals surface area (Å²) in [6.45, 7) is 0. The molecule has 1 aromatic heterocycles. The van der Waals surface area contributed by atoms with Crippen LogP contribution in [0.15, 0.2) is 169 Å². The van der Waals surface area contributed by atoms with Crippen LogP contribution in [0.3, 0.4) is 0 Å². The molecular weight excluding hydrogens is 603 g/mol. The lowest BCUT2D eigenvalue weighted by atomic mass is 9.86. The summed E-state index contributed by atoms with van der Waals surface area (Å²) in [7, 11) is 0. The highest BCUT2D eigenvalue weighted by Gasteiger charge is 2.31. The van der Waals surface area contributed by atoms with E-state index in [1.807, 2.05) is 11.3 Å². The van der Waals surface area contributed by atoms with Gasteiger partial charge in [-0.2, -0.15) is 0 Å². The SMILES string of the molecule is C1=C(c2ccccc2)NC(c2ccc3c4c(cccc24)N(c2ccccc2)c2c-3ccc3sc4ccccc4c23)N=C1c1ccccc1. The molecule has 1 N–H and O–H groups in total. The van der Waals surface area contributed by atoms with Crippen molar-refractivity contribution in [2.24, 2.45) is 4.99 Å². The lowest BCUT2D eigenvalue weighted by Crippen LogP contribution is -2.25. The lowest BCUT2D eigenvalue weighted by molar-refractivity contribution is 0.669. The average molecular weight is 632 g/mol. The maximum Gasteiger partial charge on any atom is 0.146 e. The molecule has 1 unspecified atom stereocenters. The number of para-hydroxylation sites is 1. The van der Waals surface area contributed by atoms with E-state index in [4.69, 9.17) is 4.99 Å². The van der Waals surface area contributed by atoms with Crippen LogP contribution >= 0.6 is 11.3 Å². The lowest BCUT2D eigenvalue weighted by Gasteiger charge is -2.35. The largest absolute Gasteiger partial charge is 0.359 e. The molecule has 8 aromatic rings. The second-order valence-electron chi connectivity index (χ2n) is 12.4. The van der Waals surface area contributed by atoms with Crippen LogP contribution < -0.4 is 10.2 Å². The summed E-state index contributed by atoms with van der Waals surface area (Å²) in [5.74, 6) is 0. The van der Waals surface area contributed by atoms with Crippen LogP contribution in [0.2, 0.25) is 0 Å². The van der Waals surface area contributed by atoms with E-state index in [0.29, 0.717) is 0 Å². The summed E-state index contributed by atoms with van der Waals surface area (Å²) in [6, 6.07) is 56.7. The Kier molecular flexibility index (Phi) is 6.11. The third-order valence-corrected chi connectivity index (χ3v) is 10.8. The number of benzene rings is 7. The first-order valence-electron chi connectivity index (χ1n) is 16.3. The third-order valence-electron chi connectivity index (χ3n) is 9.63. The summed E-state index contributed by atoms with van der Waals surface area (Å²) in [4.78, 5) is 7.84. The normalized spacial score (nSPS) is 15.2. The van der Waals surface area contributed by atoms with Gasteiger partial charge in [-0.15, -0.1) is 11.3 Å². The van der Waals surface area contributed by atoms with Crippen molar-refractivity contribution in [3.05, 3.63) is 180 Å². The van der Waals surface area contributed by atoms with Crippen LogP contribution in [0.5, 0.6) is 0 Å². The van der Waals surface area contributed by atoms with Gasteiger partial charge in [-0.3, -0.25) is 4.99 Å². The fourth-order valence-corrected chi connectivity index (χ4v) is 8.61. The van der Waals surface area contributed by atoms with Crippen molar-refractivity contribution in [3.63, 3.8) is 0 Å². The van der Waals surface area contributed by atoms with E-state index < -0.39 is 0 Å². The summed E-state index contributed by atoms with van der Waals surface area (Å²) >= 11 is 1.87. The van der Waals surface area contributed by atoms with Crippen molar-refractivity contribution in [3.8, 4) is 11.1 Å².